The Labute approximate surface area is 141 Å². The lowest BCUT2D eigenvalue weighted by Crippen LogP contribution is -2.04. The zero-order valence-electron chi connectivity index (χ0n) is 13.8. The molecule has 0 aliphatic rings. The minimum atomic E-state index is -0.398. The van der Waals surface area contributed by atoms with E-state index in [4.69, 9.17) is 19.7 Å². The van der Waals surface area contributed by atoms with Crippen LogP contribution in [0.25, 0.3) is 0 Å². The number of benzene rings is 2. The zero-order chi connectivity index (χ0) is 17.8. The second-order valence-corrected chi connectivity index (χ2v) is 4.68. The molecule has 0 fully saturated rings. The number of carbonyl (C=O) groups is 1. The molecule has 0 atom stereocenters. The number of hydrogen-bond acceptors (Lipinski definition) is 6. The molecule has 2 N–H and O–H groups in total. The molecule has 2 rings (SSSR count). The van der Waals surface area contributed by atoms with E-state index in [0.29, 0.717) is 18.8 Å². The van der Waals surface area contributed by atoms with Crippen molar-refractivity contribution in [2.75, 3.05) is 27.4 Å². The first kappa shape index (κ1) is 19.5. The molecule has 6 nitrogen and oxygen atoms in total. The third-order valence-electron chi connectivity index (χ3n) is 2.95. The number of carbonyl (C=O) groups excluding carboxylic acids is 1. The number of hydrogen-bond donors (Lipinski definition) is 2. The first-order valence-electron chi connectivity index (χ1n) is 7.29. The van der Waals surface area contributed by atoms with Crippen LogP contribution >= 0.6 is 0 Å². The van der Waals surface area contributed by atoms with Crippen molar-refractivity contribution < 1.29 is 29.2 Å². The summed E-state index contributed by atoms with van der Waals surface area (Å²) in [5, 5.41) is 17.6. The smallest absolute Gasteiger partial charge is 0.337 e. The lowest BCUT2D eigenvalue weighted by Gasteiger charge is -2.05. The highest BCUT2D eigenvalue weighted by molar-refractivity contribution is 5.89. The van der Waals surface area contributed by atoms with Crippen molar-refractivity contribution in [3.8, 4) is 11.5 Å². The van der Waals surface area contributed by atoms with Gasteiger partial charge >= 0.3 is 5.97 Å². The molecule has 0 bridgehead atoms. The molecule has 0 amide bonds. The SMILES string of the molecule is COC(=O)c1ccc(O)cc1.COCCOc1ccc(CO)cc1. The second kappa shape index (κ2) is 11.0. The van der Waals surface area contributed by atoms with Gasteiger partial charge in [-0.25, -0.2) is 4.79 Å². The third-order valence-corrected chi connectivity index (χ3v) is 2.95. The fraction of sp³-hybridized carbons (Fsp3) is 0.278. The fourth-order valence-electron chi connectivity index (χ4n) is 1.65. The van der Waals surface area contributed by atoms with Crippen LogP contribution < -0.4 is 4.74 Å². The normalized spacial score (nSPS) is 9.62. The number of aliphatic hydroxyl groups excluding tert-OH is 1. The van der Waals surface area contributed by atoms with E-state index in [1.165, 1.54) is 31.4 Å². The van der Waals surface area contributed by atoms with Gasteiger partial charge in [-0.2, -0.15) is 0 Å². The highest BCUT2D eigenvalue weighted by atomic mass is 16.5. The van der Waals surface area contributed by atoms with Gasteiger partial charge in [0, 0.05) is 7.11 Å². The third kappa shape index (κ3) is 7.13. The van der Waals surface area contributed by atoms with Crippen molar-refractivity contribution in [1.82, 2.24) is 0 Å². The Hall–Kier alpha value is -2.57. The van der Waals surface area contributed by atoms with Crippen LogP contribution in [0.2, 0.25) is 0 Å². The van der Waals surface area contributed by atoms with Crippen molar-refractivity contribution in [3.05, 3.63) is 59.7 Å². The topological polar surface area (TPSA) is 85.2 Å². The predicted octanol–water partition coefficient (Wildman–Crippen LogP) is 2.38. The average Bonchev–Trinajstić information content (AvgIpc) is 2.63. The maximum atomic E-state index is 10.8. The Kier molecular flexibility index (Phi) is 8.96. The van der Waals surface area contributed by atoms with Crippen LogP contribution in [0.5, 0.6) is 11.5 Å². The molecule has 24 heavy (non-hydrogen) atoms. The number of rotatable bonds is 6. The largest absolute Gasteiger partial charge is 0.508 e. The van der Waals surface area contributed by atoms with Crippen molar-refractivity contribution in [3.63, 3.8) is 0 Å². The van der Waals surface area contributed by atoms with E-state index in [1.54, 1.807) is 7.11 Å². The average molecular weight is 334 g/mol. The van der Waals surface area contributed by atoms with Crippen molar-refractivity contribution >= 4 is 5.97 Å². The molecule has 0 aliphatic carbocycles. The maximum Gasteiger partial charge on any atom is 0.337 e. The number of aromatic hydroxyl groups is 1. The van der Waals surface area contributed by atoms with Crippen molar-refractivity contribution in [2.24, 2.45) is 0 Å². The van der Waals surface area contributed by atoms with E-state index in [0.717, 1.165) is 11.3 Å². The van der Waals surface area contributed by atoms with E-state index < -0.39 is 5.97 Å². The quantitative estimate of drug-likeness (QED) is 0.623. The Morgan fingerprint density at radius 1 is 0.958 bits per heavy atom. The second-order valence-electron chi connectivity index (χ2n) is 4.68. The molecule has 0 aliphatic heterocycles. The number of esters is 1. The minimum Gasteiger partial charge on any atom is -0.508 e. The molecule has 6 heteroatoms. The summed E-state index contributed by atoms with van der Waals surface area (Å²) in [5.41, 5.74) is 1.32. The zero-order valence-corrected chi connectivity index (χ0v) is 13.8. The Morgan fingerprint density at radius 2 is 1.58 bits per heavy atom. The van der Waals surface area contributed by atoms with Crippen LogP contribution in [0.4, 0.5) is 0 Å². The fourth-order valence-corrected chi connectivity index (χ4v) is 1.65. The van der Waals surface area contributed by atoms with Gasteiger partial charge in [0.2, 0.25) is 0 Å². The summed E-state index contributed by atoms with van der Waals surface area (Å²) in [5.74, 6) is 0.539. The minimum absolute atomic E-state index is 0.0678. The Bertz CT molecular complexity index is 592. The van der Waals surface area contributed by atoms with E-state index in [9.17, 15) is 4.79 Å². The Morgan fingerprint density at radius 3 is 2.08 bits per heavy atom. The number of phenolic OH excluding ortho intramolecular Hbond substituents is 1. The van der Waals surface area contributed by atoms with Gasteiger partial charge in [-0.1, -0.05) is 12.1 Å². The van der Waals surface area contributed by atoms with Gasteiger partial charge in [0.05, 0.1) is 25.9 Å². The molecule has 0 saturated carbocycles. The number of methoxy groups -OCH3 is 2. The number of aliphatic hydroxyl groups is 1. The van der Waals surface area contributed by atoms with Crippen LogP contribution in [0.15, 0.2) is 48.5 Å². The molecular formula is C18H22O6. The predicted molar refractivity (Wildman–Crippen MR) is 89.2 cm³/mol. The maximum absolute atomic E-state index is 10.8. The number of phenols is 1. The van der Waals surface area contributed by atoms with E-state index in [1.807, 2.05) is 24.3 Å². The summed E-state index contributed by atoms with van der Waals surface area (Å²) >= 11 is 0. The molecule has 2 aromatic rings. The Balaban J connectivity index is 0.000000243. The van der Waals surface area contributed by atoms with E-state index in [2.05, 4.69) is 4.74 Å². The van der Waals surface area contributed by atoms with Gasteiger partial charge in [-0.15, -0.1) is 0 Å². The van der Waals surface area contributed by atoms with Gasteiger partial charge in [0.25, 0.3) is 0 Å². The van der Waals surface area contributed by atoms with Crippen LogP contribution in [-0.4, -0.2) is 43.6 Å². The highest BCUT2D eigenvalue weighted by Crippen LogP contribution is 2.11. The van der Waals surface area contributed by atoms with Crippen LogP contribution in [0, 0.1) is 0 Å². The van der Waals surface area contributed by atoms with E-state index in [-0.39, 0.29) is 12.4 Å². The molecule has 0 unspecified atom stereocenters. The molecule has 0 spiro atoms. The lowest BCUT2D eigenvalue weighted by atomic mass is 10.2. The number of ether oxygens (including phenoxy) is 3. The first-order chi connectivity index (χ1) is 11.6. The summed E-state index contributed by atoms with van der Waals surface area (Å²) in [6, 6.07) is 13.2. The first-order valence-corrected chi connectivity index (χ1v) is 7.29. The van der Waals surface area contributed by atoms with Gasteiger partial charge in [-0.05, 0) is 42.0 Å². The summed E-state index contributed by atoms with van der Waals surface area (Å²) in [6.07, 6.45) is 0. The summed E-state index contributed by atoms with van der Waals surface area (Å²) < 4.78 is 14.6. The van der Waals surface area contributed by atoms with Gasteiger partial charge in [0.15, 0.2) is 0 Å². The van der Waals surface area contributed by atoms with Crippen molar-refractivity contribution in [1.29, 1.82) is 0 Å². The molecule has 0 heterocycles. The van der Waals surface area contributed by atoms with Crippen LogP contribution in [0.1, 0.15) is 15.9 Å². The molecule has 2 aromatic carbocycles. The summed E-state index contributed by atoms with van der Waals surface area (Å²) in [4.78, 5) is 10.8. The van der Waals surface area contributed by atoms with Crippen LogP contribution in [0.3, 0.4) is 0 Å². The van der Waals surface area contributed by atoms with Gasteiger partial charge in [-0.3, -0.25) is 0 Å². The molecule has 130 valence electrons. The summed E-state index contributed by atoms with van der Waals surface area (Å²) in [6.45, 7) is 1.20. The van der Waals surface area contributed by atoms with Gasteiger partial charge < -0.3 is 24.4 Å². The molecule has 0 aromatic heterocycles. The van der Waals surface area contributed by atoms with Crippen LogP contribution in [-0.2, 0) is 16.1 Å². The molecular weight excluding hydrogens is 312 g/mol. The van der Waals surface area contributed by atoms with E-state index >= 15 is 0 Å². The summed E-state index contributed by atoms with van der Waals surface area (Å²) in [7, 11) is 2.95. The molecule has 0 radical (unpaired) electrons. The standard InChI is InChI=1S/C10H14O3.C8H8O3/c1-12-6-7-13-10-4-2-9(8-11)3-5-10;1-11-8(10)6-2-4-7(9)5-3-6/h2-5,11H,6-8H2,1H3;2-5,9H,1H3. The lowest BCUT2D eigenvalue weighted by molar-refractivity contribution is 0.0600. The highest BCUT2D eigenvalue weighted by Gasteiger charge is 2.02. The van der Waals surface area contributed by atoms with Gasteiger partial charge in [0.1, 0.15) is 18.1 Å². The van der Waals surface area contributed by atoms with Crippen molar-refractivity contribution in [2.45, 2.75) is 6.61 Å². The molecule has 0 saturated heterocycles. The monoisotopic (exact) mass is 334 g/mol.